The quantitative estimate of drug-likeness (QED) is 0.902. The molecule has 4 heteroatoms. The third kappa shape index (κ3) is 2.52. The molecule has 0 amide bonds. The average Bonchev–Trinajstić information content (AvgIpc) is 3.04. The Bertz CT molecular complexity index is 478. The number of aryl methyl sites for hydroxylation is 1. The van der Waals surface area contributed by atoms with Gasteiger partial charge in [0, 0.05) is 20.4 Å². The van der Waals surface area contributed by atoms with E-state index in [2.05, 4.69) is 47.6 Å². The number of thiophene rings is 2. The number of hydrogen-bond acceptors (Lipinski definition) is 4. The van der Waals surface area contributed by atoms with Gasteiger partial charge in [-0.3, -0.25) is 0 Å². The lowest BCUT2D eigenvalue weighted by Crippen LogP contribution is -2.20. The Morgan fingerprint density at radius 3 is 3.06 bits per heavy atom. The second-order valence-electron chi connectivity index (χ2n) is 4.41. The highest BCUT2D eigenvalue weighted by Gasteiger charge is 2.20. The summed E-state index contributed by atoms with van der Waals surface area (Å²) in [4.78, 5) is 4.54. The maximum absolute atomic E-state index is 3.62. The summed E-state index contributed by atoms with van der Waals surface area (Å²) in [5.74, 6) is 2.49. The summed E-state index contributed by atoms with van der Waals surface area (Å²) in [7, 11) is 0. The lowest BCUT2D eigenvalue weighted by atomic mass is 10.1. The second kappa shape index (κ2) is 5.78. The first-order valence-corrected chi connectivity index (χ1v) is 9.19. The van der Waals surface area contributed by atoms with Gasteiger partial charge in [0.25, 0.3) is 0 Å². The SMILES string of the molecule is CCNC(c1cccs1)c1cc2c(s1)CCSC2. The third-order valence-electron chi connectivity index (χ3n) is 3.17. The van der Waals surface area contributed by atoms with Crippen LogP contribution in [0.25, 0.3) is 0 Å². The van der Waals surface area contributed by atoms with Crippen LogP contribution >= 0.6 is 34.4 Å². The molecule has 3 heterocycles. The van der Waals surface area contributed by atoms with Gasteiger partial charge in [0.1, 0.15) is 0 Å². The fourth-order valence-electron chi connectivity index (χ4n) is 2.31. The molecule has 0 aliphatic carbocycles. The Morgan fingerprint density at radius 1 is 1.39 bits per heavy atom. The minimum absolute atomic E-state index is 0.399. The van der Waals surface area contributed by atoms with E-state index < -0.39 is 0 Å². The highest BCUT2D eigenvalue weighted by Crippen LogP contribution is 2.37. The van der Waals surface area contributed by atoms with Crippen molar-refractivity contribution in [3.05, 3.63) is 43.8 Å². The van der Waals surface area contributed by atoms with Crippen molar-refractivity contribution < 1.29 is 0 Å². The summed E-state index contributed by atoms with van der Waals surface area (Å²) in [6, 6.07) is 7.22. The molecular weight excluding hydrogens is 278 g/mol. The fourth-order valence-corrected chi connectivity index (χ4v) is 5.68. The van der Waals surface area contributed by atoms with Gasteiger partial charge in [0.15, 0.2) is 0 Å². The lowest BCUT2D eigenvalue weighted by molar-refractivity contribution is 0.648. The number of hydrogen-bond donors (Lipinski definition) is 1. The van der Waals surface area contributed by atoms with Crippen LogP contribution in [0.3, 0.4) is 0 Å². The summed E-state index contributed by atoms with van der Waals surface area (Å²) in [6.07, 6.45) is 1.26. The molecule has 0 radical (unpaired) electrons. The molecule has 18 heavy (non-hydrogen) atoms. The van der Waals surface area contributed by atoms with Crippen molar-refractivity contribution >= 4 is 34.4 Å². The van der Waals surface area contributed by atoms with Gasteiger partial charge in [-0.25, -0.2) is 0 Å². The number of thioether (sulfide) groups is 1. The molecule has 0 saturated carbocycles. The Morgan fingerprint density at radius 2 is 2.33 bits per heavy atom. The Hall–Kier alpha value is -0.290. The first-order valence-electron chi connectivity index (χ1n) is 6.34. The normalized spacial score (nSPS) is 16.5. The van der Waals surface area contributed by atoms with Gasteiger partial charge in [-0.15, -0.1) is 22.7 Å². The van der Waals surface area contributed by atoms with Crippen molar-refractivity contribution in [2.75, 3.05) is 12.3 Å². The first kappa shape index (κ1) is 12.7. The van der Waals surface area contributed by atoms with E-state index in [1.165, 1.54) is 27.7 Å². The fraction of sp³-hybridized carbons (Fsp3) is 0.429. The first-order chi connectivity index (χ1) is 8.88. The van der Waals surface area contributed by atoms with E-state index in [0.29, 0.717) is 6.04 Å². The van der Waals surface area contributed by atoms with Crippen LogP contribution in [0.4, 0.5) is 0 Å². The van der Waals surface area contributed by atoms with E-state index in [4.69, 9.17) is 0 Å². The molecule has 0 bridgehead atoms. The minimum Gasteiger partial charge on any atom is -0.305 e. The van der Waals surface area contributed by atoms with Crippen molar-refractivity contribution in [3.63, 3.8) is 0 Å². The van der Waals surface area contributed by atoms with Gasteiger partial charge in [0.05, 0.1) is 6.04 Å². The molecule has 0 aromatic carbocycles. The minimum atomic E-state index is 0.399. The number of fused-ring (bicyclic) bond motifs is 1. The maximum Gasteiger partial charge on any atom is 0.0765 e. The molecule has 1 aliphatic heterocycles. The zero-order chi connectivity index (χ0) is 12.4. The standard InChI is InChI=1S/C14H17NS3/c1-2-15-14(12-4-3-6-17-12)13-8-10-9-16-7-5-11(10)18-13/h3-4,6,8,14-15H,2,5,7,9H2,1H3. The lowest BCUT2D eigenvalue weighted by Gasteiger charge is -2.14. The zero-order valence-corrected chi connectivity index (χ0v) is 12.9. The van der Waals surface area contributed by atoms with Gasteiger partial charge >= 0.3 is 0 Å². The van der Waals surface area contributed by atoms with Crippen molar-refractivity contribution in [1.29, 1.82) is 0 Å². The predicted molar refractivity (Wildman–Crippen MR) is 84.0 cm³/mol. The van der Waals surface area contributed by atoms with Crippen molar-refractivity contribution in [3.8, 4) is 0 Å². The van der Waals surface area contributed by atoms with E-state index in [1.807, 2.05) is 22.7 Å². The predicted octanol–water partition coefficient (Wildman–Crippen LogP) is 4.30. The van der Waals surface area contributed by atoms with Crippen LogP contribution in [-0.2, 0) is 12.2 Å². The number of nitrogens with one attached hydrogen (secondary N) is 1. The van der Waals surface area contributed by atoms with Crippen molar-refractivity contribution in [2.24, 2.45) is 0 Å². The van der Waals surface area contributed by atoms with Gasteiger partial charge in [-0.05, 0) is 41.8 Å². The van der Waals surface area contributed by atoms with E-state index in [-0.39, 0.29) is 0 Å². The third-order valence-corrected chi connectivity index (χ3v) is 6.41. The topological polar surface area (TPSA) is 12.0 Å². The number of rotatable bonds is 4. The van der Waals surface area contributed by atoms with Crippen molar-refractivity contribution in [2.45, 2.75) is 25.1 Å². The second-order valence-corrected chi connectivity index (χ2v) is 7.66. The molecule has 96 valence electrons. The van der Waals surface area contributed by atoms with E-state index in [0.717, 1.165) is 6.54 Å². The molecule has 1 aliphatic rings. The largest absolute Gasteiger partial charge is 0.305 e. The van der Waals surface area contributed by atoms with Gasteiger partial charge in [0.2, 0.25) is 0 Å². The summed E-state index contributed by atoms with van der Waals surface area (Å²) in [5, 5.41) is 5.79. The summed E-state index contributed by atoms with van der Waals surface area (Å²) < 4.78 is 0. The molecule has 0 spiro atoms. The molecule has 0 fully saturated rings. The average molecular weight is 295 g/mol. The zero-order valence-electron chi connectivity index (χ0n) is 10.4. The summed E-state index contributed by atoms with van der Waals surface area (Å²) in [5.41, 5.74) is 1.57. The van der Waals surface area contributed by atoms with Gasteiger partial charge in [-0.1, -0.05) is 13.0 Å². The molecule has 1 N–H and O–H groups in total. The molecule has 1 nitrogen and oxygen atoms in total. The highest BCUT2D eigenvalue weighted by atomic mass is 32.2. The molecule has 3 rings (SSSR count). The molecule has 0 saturated heterocycles. The Kier molecular flexibility index (Phi) is 4.09. The monoisotopic (exact) mass is 295 g/mol. The molecule has 2 aromatic rings. The van der Waals surface area contributed by atoms with Gasteiger partial charge < -0.3 is 5.32 Å². The maximum atomic E-state index is 3.62. The molecular formula is C14H17NS3. The van der Waals surface area contributed by atoms with Crippen LogP contribution in [0.1, 0.15) is 33.2 Å². The van der Waals surface area contributed by atoms with Crippen LogP contribution in [0.5, 0.6) is 0 Å². The van der Waals surface area contributed by atoms with Crippen LogP contribution in [0, 0.1) is 0 Å². The summed E-state index contributed by atoms with van der Waals surface area (Å²) >= 11 is 5.93. The van der Waals surface area contributed by atoms with Gasteiger partial charge in [-0.2, -0.15) is 11.8 Å². The highest BCUT2D eigenvalue weighted by molar-refractivity contribution is 7.98. The van der Waals surface area contributed by atoms with Crippen LogP contribution in [0.2, 0.25) is 0 Å². The van der Waals surface area contributed by atoms with Crippen LogP contribution < -0.4 is 5.32 Å². The Balaban J connectivity index is 1.92. The van der Waals surface area contributed by atoms with E-state index >= 15 is 0 Å². The molecule has 2 aromatic heterocycles. The van der Waals surface area contributed by atoms with Crippen LogP contribution in [0.15, 0.2) is 23.6 Å². The Labute approximate surface area is 121 Å². The van der Waals surface area contributed by atoms with E-state index in [1.54, 1.807) is 10.4 Å². The van der Waals surface area contributed by atoms with Crippen molar-refractivity contribution in [1.82, 2.24) is 5.32 Å². The molecule has 1 atom stereocenters. The van der Waals surface area contributed by atoms with Crippen LogP contribution in [-0.4, -0.2) is 12.3 Å². The smallest absolute Gasteiger partial charge is 0.0765 e. The molecule has 1 unspecified atom stereocenters. The van der Waals surface area contributed by atoms with E-state index in [9.17, 15) is 0 Å². The summed E-state index contributed by atoms with van der Waals surface area (Å²) in [6.45, 7) is 3.20.